The lowest BCUT2D eigenvalue weighted by Gasteiger charge is -2.32. The molecule has 0 saturated carbocycles. The highest BCUT2D eigenvalue weighted by Crippen LogP contribution is 2.29. The standard InChI is InChI=1S/C13H19NO2/c1-8(2)14-11-7-10-9(6-13(11)16)4-3-5-12(10)15/h3-5,8,11,13-16H,6-7H2,1-2H3/t11-,13-/m0/s1. The molecule has 3 N–H and O–H groups in total. The van der Waals surface area contributed by atoms with Gasteiger partial charge in [-0.25, -0.2) is 0 Å². The number of aromatic hydroxyl groups is 1. The molecule has 1 aromatic carbocycles. The molecule has 16 heavy (non-hydrogen) atoms. The highest BCUT2D eigenvalue weighted by Gasteiger charge is 2.28. The molecule has 1 aliphatic rings. The van der Waals surface area contributed by atoms with Crippen molar-refractivity contribution in [1.29, 1.82) is 0 Å². The van der Waals surface area contributed by atoms with E-state index in [4.69, 9.17) is 0 Å². The third-order valence-electron chi connectivity index (χ3n) is 3.11. The van der Waals surface area contributed by atoms with Gasteiger partial charge in [-0.2, -0.15) is 0 Å². The van der Waals surface area contributed by atoms with Gasteiger partial charge in [0.15, 0.2) is 0 Å². The van der Waals surface area contributed by atoms with E-state index in [1.807, 2.05) is 12.1 Å². The number of nitrogens with one attached hydrogen (secondary N) is 1. The Morgan fingerprint density at radius 1 is 1.31 bits per heavy atom. The van der Waals surface area contributed by atoms with E-state index in [2.05, 4.69) is 19.2 Å². The first-order valence-corrected chi connectivity index (χ1v) is 5.81. The molecule has 0 spiro atoms. The number of rotatable bonds is 2. The first-order chi connectivity index (χ1) is 7.58. The van der Waals surface area contributed by atoms with Crippen molar-refractivity contribution in [2.45, 2.75) is 44.9 Å². The molecule has 0 aromatic heterocycles. The average Bonchev–Trinajstić information content (AvgIpc) is 2.20. The van der Waals surface area contributed by atoms with Crippen LogP contribution in [0.1, 0.15) is 25.0 Å². The van der Waals surface area contributed by atoms with Gasteiger partial charge in [0.05, 0.1) is 6.10 Å². The molecule has 0 amide bonds. The van der Waals surface area contributed by atoms with Crippen molar-refractivity contribution in [3.05, 3.63) is 29.3 Å². The summed E-state index contributed by atoms with van der Waals surface area (Å²) in [6.07, 6.45) is 0.951. The Kier molecular flexibility index (Phi) is 3.17. The van der Waals surface area contributed by atoms with Crippen molar-refractivity contribution in [1.82, 2.24) is 5.32 Å². The van der Waals surface area contributed by atoms with Crippen LogP contribution in [0.2, 0.25) is 0 Å². The predicted octanol–water partition coefficient (Wildman–Crippen LogP) is 1.22. The van der Waals surface area contributed by atoms with Crippen molar-refractivity contribution in [2.75, 3.05) is 0 Å². The number of hydrogen-bond donors (Lipinski definition) is 3. The summed E-state index contributed by atoms with van der Waals surface area (Å²) in [5.41, 5.74) is 2.04. The maximum atomic E-state index is 10.0. The minimum absolute atomic E-state index is 0.0424. The lowest BCUT2D eigenvalue weighted by molar-refractivity contribution is 0.114. The zero-order valence-electron chi connectivity index (χ0n) is 9.77. The van der Waals surface area contributed by atoms with Gasteiger partial charge in [-0.3, -0.25) is 0 Å². The Bertz CT molecular complexity index is 376. The van der Waals surface area contributed by atoms with Gasteiger partial charge in [0.1, 0.15) is 5.75 Å². The number of hydrogen-bond acceptors (Lipinski definition) is 3. The smallest absolute Gasteiger partial charge is 0.119 e. The minimum atomic E-state index is -0.364. The second kappa shape index (κ2) is 4.44. The number of fused-ring (bicyclic) bond motifs is 1. The normalized spacial score (nSPS) is 24.5. The molecule has 0 fully saturated rings. The summed E-state index contributed by atoms with van der Waals surface area (Å²) < 4.78 is 0. The average molecular weight is 221 g/mol. The summed E-state index contributed by atoms with van der Waals surface area (Å²) in [6, 6.07) is 5.90. The molecule has 0 saturated heterocycles. The van der Waals surface area contributed by atoms with Crippen molar-refractivity contribution in [2.24, 2.45) is 0 Å². The van der Waals surface area contributed by atoms with E-state index in [0.717, 1.165) is 11.1 Å². The number of benzene rings is 1. The van der Waals surface area contributed by atoms with Crippen molar-refractivity contribution in [3.8, 4) is 5.75 Å². The van der Waals surface area contributed by atoms with Crippen molar-refractivity contribution >= 4 is 0 Å². The molecule has 1 aliphatic carbocycles. The van der Waals surface area contributed by atoms with Crippen molar-refractivity contribution in [3.63, 3.8) is 0 Å². The summed E-state index contributed by atoms with van der Waals surface area (Å²) in [5.74, 6) is 0.347. The summed E-state index contributed by atoms with van der Waals surface area (Å²) in [6.45, 7) is 4.13. The fraction of sp³-hybridized carbons (Fsp3) is 0.538. The van der Waals surface area contributed by atoms with E-state index in [-0.39, 0.29) is 12.1 Å². The van der Waals surface area contributed by atoms with Gasteiger partial charge in [-0.1, -0.05) is 26.0 Å². The molecule has 3 nitrogen and oxygen atoms in total. The second-order valence-electron chi connectivity index (χ2n) is 4.82. The molecule has 0 heterocycles. The Morgan fingerprint density at radius 2 is 2.06 bits per heavy atom. The van der Waals surface area contributed by atoms with Crippen LogP contribution in [0.4, 0.5) is 0 Å². The zero-order valence-corrected chi connectivity index (χ0v) is 9.77. The van der Waals surface area contributed by atoms with Gasteiger partial charge in [-0.05, 0) is 23.6 Å². The van der Waals surface area contributed by atoms with E-state index in [1.54, 1.807) is 6.07 Å². The topological polar surface area (TPSA) is 52.5 Å². The number of aliphatic hydroxyl groups excluding tert-OH is 1. The highest BCUT2D eigenvalue weighted by molar-refractivity contribution is 5.42. The molecule has 2 atom stereocenters. The fourth-order valence-corrected chi connectivity index (χ4v) is 2.37. The van der Waals surface area contributed by atoms with E-state index in [0.29, 0.717) is 24.6 Å². The van der Waals surface area contributed by atoms with Crippen LogP contribution >= 0.6 is 0 Å². The number of aliphatic hydroxyl groups is 1. The van der Waals surface area contributed by atoms with Crippen LogP contribution in [0.25, 0.3) is 0 Å². The van der Waals surface area contributed by atoms with Gasteiger partial charge in [0.2, 0.25) is 0 Å². The number of phenolic OH excluding ortho intramolecular Hbond substituents is 1. The van der Waals surface area contributed by atoms with Gasteiger partial charge < -0.3 is 15.5 Å². The van der Waals surface area contributed by atoms with Crippen LogP contribution in [-0.2, 0) is 12.8 Å². The third kappa shape index (κ3) is 2.20. The lowest BCUT2D eigenvalue weighted by Crippen LogP contribution is -2.48. The quantitative estimate of drug-likeness (QED) is 0.704. The Balaban J connectivity index is 2.23. The van der Waals surface area contributed by atoms with Crippen molar-refractivity contribution < 1.29 is 10.2 Å². The highest BCUT2D eigenvalue weighted by atomic mass is 16.3. The third-order valence-corrected chi connectivity index (χ3v) is 3.11. The molecular formula is C13H19NO2. The lowest BCUT2D eigenvalue weighted by atomic mass is 9.85. The molecule has 0 aliphatic heterocycles. The maximum Gasteiger partial charge on any atom is 0.119 e. The van der Waals surface area contributed by atoms with E-state index in [9.17, 15) is 10.2 Å². The second-order valence-corrected chi connectivity index (χ2v) is 4.82. The van der Waals surface area contributed by atoms with Gasteiger partial charge in [0, 0.05) is 18.5 Å². The van der Waals surface area contributed by atoms with Crippen LogP contribution in [0.3, 0.4) is 0 Å². The Morgan fingerprint density at radius 3 is 2.75 bits per heavy atom. The predicted molar refractivity (Wildman–Crippen MR) is 63.6 cm³/mol. The largest absolute Gasteiger partial charge is 0.508 e. The van der Waals surface area contributed by atoms with Gasteiger partial charge in [0.25, 0.3) is 0 Å². The zero-order chi connectivity index (χ0) is 11.7. The summed E-state index contributed by atoms with van der Waals surface area (Å²) >= 11 is 0. The Hall–Kier alpha value is -1.06. The first kappa shape index (κ1) is 11.4. The molecule has 3 heteroatoms. The molecule has 0 bridgehead atoms. The molecule has 88 valence electrons. The van der Waals surface area contributed by atoms with E-state index in [1.165, 1.54) is 0 Å². The summed E-state index contributed by atoms with van der Waals surface area (Å²) in [5, 5.41) is 23.1. The SMILES string of the molecule is CC(C)N[C@H]1Cc2c(O)cccc2C[C@@H]1O. The van der Waals surface area contributed by atoms with E-state index < -0.39 is 0 Å². The molecule has 1 aromatic rings. The fourth-order valence-electron chi connectivity index (χ4n) is 2.37. The molecule has 0 unspecified atom stereocenters. The van der Waals surface area contributed by atoms with Crippen LogP contribution in [0.15, 0.2) is 18.2 Å². The van der Waals surface area contributed by atoms with Crippen LogP contribution in [0, 0.1) is 0 Å². The van der Waals surface area contributed by atoms with Crippen LogP contribution in [-0.4, -0.2) is 28.4 Å². The monoisotopic (exact) mass is 221 g/mol. The van der Waals surface area contributed by atoms with Crippen LogP contribution < -0.4 is 5.32 Å². The molecule has 2 rings (SSSR count). The van der Waals surface area contributed by atoms with Gasteiger partial charge in [-0.15, -0.1) is 0 Å². The maximum absolute atomic E-state index is 10.0. The van der Waals surface area contributed by atoms with Gasteiger partial charge >= 0.3 is 0 Å². The summed E-state index contributed by atoms with van der Waals surface area (Å²) in [4.78, 5) is 0. The minimum Gasteiger partial charge on any atom is -0.508 e. The van der Waals surface area contributed by atoms with Crippen LogP contribution in [0.5, 0.6) is 5.75 Å². The summed E-state index contributed by atoms with van der Waals surface area (Å²) in [7, 11) is 0. The van der Waals surface area contributed by atoms with E-state index >= 15 is 0 Å². The molecule has 0 radical (unpaired) electrons. The molecular weight excluding hydrogens is 202 g/mol. The first-order valence-electron chi connectivity index (χ1n) is 5.81. The Labute approximate surface area is 96.1 Å². The number of phenols is 1.